The summed E-state index contributed by atoms with van der Waals surface area (Å²) >= 11 is 5.39. The van der Waals surface area contributed by atoms with Crippen molar-refractivity contribution in [2.75, 3.05) is 11.9 Å². The Bertz CT molecular complexity index is 710. The predicted molar refractivity (Wildman–Crippen MR) is 111 cm³/mol. The van der Waals surface area contributed by atoms with Crippen molar-refractivity contribution < 1.29 is 4.74 Å². The maximum Gasteiger partial charge on any atom is 0.171 e. The molecule has 2 N–H and O–H groups in total. The van der Waals surface area contributed by atoms with Gasteiger partial charge in [0.15, 0.2) is 5.11 Å². The van der Waals surface area contributed by atoms with Crippen LogP contribution in [0.1, 0.15) is 43.4 Å². The van der Waals surface area contributed by atoms with Gasteiger partial charge in [-0.3, -0.25) is 0 Å². The van der Waals surface area contributed by atoms with Crippen LogP contribution in [0.3, 0.4) is 0 Å². The molecule has 1 atom stereocenters. The first kappa shape index (κ1) is 19.3. The highest BCUT2D eigenvalue weighted by Crippen LogP contribution is 2.18. The smallest absolute Gasteiger partial charge is 0.171 e. The van der Waals surface area contributed by atoms with Crippen LogP contribution in [0.5, 0.6) is 5.75 Å². The number of hydrogen-bond acceptors (Lipinski definition) is 2. The molecule has 0 aromatic heterocycles. The van der Waals surface area contributed by atoms with Gasteiger partial charge in [-0.1, -0.05) is 32.0 Å². The van der Waals surface area contributed by atoms with Crippen LogP contribution in [0.2, 0.25) is 0 Å². The average molecular weight is 357 g/mol. The van der Waals surface area contributed by atoms with Crippen molar-refractivity contribution in [2.45, 2.75) is 46.6 Å². The van der Waals surface area contributed by atoms with Gasteiger partial charge < -0.3 is 15.4 Å². The summed E-state index contributed by atoms with van der Waals surface area (Å²) in [7, 11) is 0. The molecule has 2 aromatic rings. The van der Waals surface area contributed by atoms with Crippen molar-refractivity contribution in [3.8, 4) is 5.75 Å². The average Bonchev–Trinajstić information content (AvgIpc) is 2.56. The number of ether oxygens (including phenoxy) is 1. The Morgan fingerprint density at radius 1 is 1.00 bits per heavy atom. The van der Waals surface area contributed by atoms with E-state index >= 15 is 0 Å². The lowest BCUT2D eigenvalue weighted by Gasteiger charge is -2.18. The van der Waals surface area contributed by atoms with E-state index in [1.54, 1.807) is 0 Å². The number of benzene rings is 2. The highest BCUT2D eigenvalue weighted by Gasteiger charge is 2.07. The van der Waals surface area contributed by atoms with Crippen LogP contribution in [0, 0.1) is 13.8 Å². The lowest BCUT2D eigenvalue weighted by molar-refractivity contribution is 0.287. The van der Waals surface area contributed by atoms with E-state index in [1.165, 1.54) is 16.7 Å². The summed E-state index contributed by atoms with van der Waals surface area (Å²) in [5.74, 6) is 1.42. The van der Waals surface area contributed by atoms with Gasteiger partial charge in [-0.25, -0.2) is 0 Å². The van der Waals surface area contributed by atoms with Gasteiger partial charge >= 0.3 is 0 Å². The number of hydrogen-bond donors (Lipinski definition) is 2. The highest BCUT2D eigenvalue weighted by atomic mass is 32.1. The summed E-state index contributed by atoms with van der Waals surface area (Å²) in [4.78, 5) is 0. The molecule has 0 saturated heterocycles. The topological polar surface area (TPSA) is 33.3 Å². The van der Waals surface area contributed by atoms with Crippen molar-refractivity contribution in [1.82, 2.24) is 5.32 Å². The predicted octanol–water partition coefficient (Wildman–Crippen LogP) is 5.18. The molecule has 2 aromatic carbocycles. The summed E-state index contributed by atoms with van der Waals surface area (Å²) in [6.07, 6.45) is 0. The van der Waals surface area contributed by atoms with E-state index in [0.29, 0.717) is 17.6 Å². The molecule has 0 radical (unpaired) electrons. The van der Waals surface area contributed by atoms with E-state index in [-0.39, 0.29) is 6.04 Å². The largest absolute Gasteiger partial charge is 0.491 e. The van der Waals surface area contributed by atoms with Crippen molar-refractivity contribution in [3.05, 3.63) is 59.2 Å². The Kier molecular flexibility index (Phi) is 6.82. The third-order valence-corrected chi connectivity index (χ3v) is 4.41. The molecule has 0 heterocycles. The SMILES string of the molecule is Cc1ccc(OC[C@H](C)NC(=S)Nc2ccc(C(C)C)cc2)cc1C. The molecule has 0 aliphatic heterocycles. The molecule has 25 heavy (non-hydrogen) atoms. The second-order valence-corrected chi connectivity index (χ2v) is 7.24. The van der Waals surface area contributed by atoms with Gasteiger partial charge in [0.1, 0.15) is 12.4 Å². The van der Waals surface area contributed by atoms with Crippen LogP contribution in [-0.4, -0.2) is 17.8 Å². The molecular formula is C21H28N2OS. The second kappa shape index (κ2) is 8.86. The summed E-state index contributed by atoms with van der Waals surface area (Å²) in [5, 5.41) is 7.08. The quantitative estimate of drug-likeness (QED) is 0.699. The van der Waals surface area contributed by atoms with Crippen molar-refractivity contribution in [2.24, 2.45) is 0 Å². The Labute approximate surface area is 156 Å². The third-order valence-electron chi connectivity index (χ3n) is 4.19. The zero-order valence-electron chi connectivity index (χ0n) is 15.7. The van der Waals surface area contributed by atoms with Gasteiger partial charge in [-0.15, -0.1) is 0 Å². The molecule has 0 fully saturated rings. The standard InChI is InChI=1S/C21H28N2OS/c1-14(2)18-7-9-19(10-8-18)23-21(25)22-17(5)13-24-20-11-6-15(3)16(4)12-20/h6-12,14,17H,13H2,1-5H3,(H2,22,23,25)/t17-/m0/s1. The van der Waals surface area contributed by atoms with Crippen LogP contribution in [0.25, 0.3) is 0 Å². The van der Waals surface area contributed by atoms with Gasteiger partial charge in [0, 0.05) is 5.69 Å². The fourth-order valence-corrected chi connectivity index (χ4v) is 2.73. The zero-order valence-corrected chi connectivity index (χ0v) is 16.5. The molecule has 4 heteroatoms. The van der Waals surface area contributed by atoms with E-state index in [0.717, 1.165) is 11.4 Å². The first-order valence-electron chi connectivity index (χ1n) is 8.72. The number of aryl methyl sites for hydroxylation is 2. The molecular weight excluding hydrogens is 328 g/mol. The lowest BCUT2D eigenvalue weighted by atomic mass is 10.0. The minimum absolute atomic E-state index is 0.108. The van der Waals surface area contributed by atoms with E-state index in [9.17, 15) is 0 Å². The zero-order chi connectivity index (χ0) is 18.4. The number of thiocarbonyl (C=S) groups is 1. The lowest BCUT2D eigenvalue weighted by Crippen LogP contribution is -2.39. The Balaban J connectivity index is 1.80. The van der Waals surface area contributed by atoms with Crippen LogP contribution in [0.4, 0.5) is 5.69 Å². The monoisotopic (exact) mass is 356 g/mol. The first-order valence-corrected chi connectivity index (χ1v) is 9.13. The Morgan fingerprint density at radius 3 is 2.28 bits per heavy atom. The first-order chi connectivity index (χ1) is 11.8. The van der Waals surface area contributed by atoms with Crippen LogP contribution in [0.15, 0.2) is 42.5 Å². The van der Waals surface area contributed by atoms with Crippen molar-refractivity contribution in [1.29, 1.82) is 0 Å². The molecule has 134 valence electrons. The van der Waals surface area contributed by atoms with E-state index in [1.807, 2.05) is 6.07 Å². The van der Waals surface area contributed by atoms with E-state index in [2.05, 4.69) is 81.7 Å². The van der Waals surface area contributed by atoms with Crippen LogP contribution >= 0.6 is 12.2 Å². The Hall–Kier alpha value is -2.07. The van der Waals surface area contributed by atoms with Gasteiger partial charge in [-0.2, -0.15) is 0 Å². The number of nitrogens with one attached hydrogen (secondary N) is 2. The third kappa shape index (κ3) is 6.05. The molecule has 0 unspecified atom stereocenters. The second-order valence-electron chi connectivity index (χ2n) is 6.83. The van der Waals surface area contributed by atoms with Gasteiger partial charge in [0.05, 0.1) is 6.04 Å². The Morgan fingerprint density at radius 2 is 1.68 bits per heavy atom. The molecule has 0 amide bonds. The number of rotatable bonds is 6. The van der Waals surface area contributed by atoms with E-state index in [4.69, 9.17) is 17.0 Å². The maximum absolute atomic E-state index is 5.85. The minimum Gasteiger partial charge on any atom is -0.491 e. The molecule has 0 saturated carbocycles. The van der Waals surface area contributed by atoms with Gasteiger partial charge in [0.25, 0.3) is 0 Å². The van der Waals surface area contributed by atoms with Crippen molar-refractivity contribution in [3.63, 3.8) is 0 Å². The molecule has 0 spiro atoms. The normalized spacial score (nSPS) is 11.9. The summed E-state index contributed by atoms with van der Waals surface area (Å²) in [6, 6.07) is 14.6. The minimum atomic E-state index is 0.108. The molecule has 0 bridgehead atoms. The van der Waals surface area contributed by atoms with Gasteiger partial charge in [-0.05, 0) is 79.9 Å². The van der Waals surface area contributed by atoms with Gasteiger partial charge in [0.2, 0.25) is 0 Å². The fraction of sp³-hybridized carbons (Fsp3) is 0.381. The van der Waals surface area contributed by atoms with Crippen molar-refractivity contribution >= 4 is 23.0 Å². The van der Waals surface area contributed by atoms with E-state index < -0.39 is 0 Å². The summed E-state index contributed by atoms with van der Waals surface area (Å²) in [6.45, 7) is 11.2. The van der Waals surface area contributed by atoms with Crippen LogP contribution < -0.4 is 15.4 Å². The summed E-state index contributed by atoms with van der Waals surface area (Å²) < 4.78 is 5.85. The molecule has 0 aliphatic rings. The fourth-order valence-electron chi connectivity index (χ4n) is 2.41. The molecule has 3 nitrogen and oxygen atoms in total. The summed E-state index contributed by atoms with van der Waals surface area (Å²) in [5.41, 5.74) is 4.82. The van der Waals surface area contributed by atoms with Crippen LogP contribution in [-0.2, 0) is 0 Å². The maximum atomic E-state index is 5.85. The molecule has 2 rings (SSSR count). The molecule has 0 aliphatic carbocycles. The highest BCUT2D eigenvalue weighted by molar-refractivity contribution is 7.80. The number of anilines is 1.